The van der Waals surface area contributed by atoms with E-state index in [1.54, 1.807) is 23.9 Å². The molecule has 5 aliphatic heterocycles. The summed E-state index contributed by atoms with van der Waals surface area (Å²) in [6.07, 6.45) is 9.98. The summed E-state index contributed by atoms with van der Waals surface area (Å²) in [5, 5.41) is 9.39. The van der Waals surface area contributed by atoms with E-state index in [-0.39, 0.29) is 12.2 Å². The van der Waals surface area contributed by atoms with E-state index in [4.69, 9.17) is 9.57 Å². The monoisotopic (exact) mass is 502 g/mol. The molecule has 6 heteroatoms. The van der Waals surface area contributed by atoms with Gasteiger partial charge in [-0.1, -0.05) is 25.5 Å². The van der Waals surface area contributed by atoms with E-state index in [9.17, 15) is 0 Å². The lowest BCUT2D eigenvalue weighted by atomic mass is 9.56. The Labute approximate surface area is 221 Å². The van der Waals surface area contributed by atoms with Crippen molar-refractivity contribution in [1.29, 1.82) is 0 Å². The van der Waals surface area contributed by atoms with Crippen LogP contribution in [0, 0.1) is 0 Å². The topological polar surface area (TPSA) is 49.0 Å². The van der Waals surface area contributed by atoms with E-state index < -0.39 is 0 Å². The van der Waals surface area contributed by atoms with Gasteiger partial charge in [0, 0.05) is 68.2 Å². The number of aryl methyl sites for hydroxylation is 2. The number of hydrogen-bond acceptors (Lipinski definition) is 6. The van der Waals surface area contributed by atoms with E-state index in [0.717, 1.165) is 25.8 Å². The molecule has 2 atom stereocenters. The Morgan fingerprint density at radius 3 is 2.51 bits per heavy atom. The third-order valence-electron chi connectivity index (χ3n) is 9.78. The smallest absolute Gasteiger partial charge is 0.0768 e. The summed E-state index contributed by atoms with van der Waals surface area (Å²) in [5.74, 6) is 0.921. The van der Waals surface area contributed by atoms with Crippen LogP contribution in [-0.4, -0.2) is 53.0 Å². The van der Waals surface area contributed by atoms with E-state index in [0.29, 0.717) is 11.8 Å². The molecule has 3 fully saturated rings. The van der Waals surface area contributed by atoms with Crippen LogP contribution in [0.4, 0.5) is 22.7 Å². The second kappa shape index (κ2) is 9.09. The summed E-state index contributed by atoms with van der Waals surface area (Å²) in [7, 11) is 5.97. The van der Waals surface area contributed by atoms with Crippen LogP contribution >= 0.6 is 0 Å². The fourth-order valence-electron chi connectivity index (χ4n) is 8.10. The summed E-state index contributed by atoms with van der Waals surface area (Å²) >= 11 is 0. The Morgan fingerprint density at radius 1 is 1.05 bits per heavy atom. The van der Waals surface area contributed by atoms with Gasteiger partial charge in [0.2, 0.25) is 0 Å². The van der Waals surface area contributed by atoms with Crippen LogP contribution in [0.25, 0.3) is 0 Å². The molecule has 5 heterocycles. The number of ether oxygens (including phenoxy) is 1. The third kappa shape index (κ3) is 3.37. The second-order valence-electron chi connectivity index (χ2n) is 11.7. The Morgan fingerprint density at radius 2 is 1.78 bits per heavy atom. The zero-order valence-corrected chi connectivity index (χ0v) is 23.0. The van der Waals surface area contributed by atoms with Gasteiger partial charge in [0.05, 0.1) is 25.0 Å². The molecule has 37 heavy (non-hydrogen) atoms. The van der Waals surface area contributed by atoms with Gasteiger partial charge >= 0.3 is 0 Å². The molecule has 8 rings (SSSR count). The van der Waals surface area contributed by atoms with Gasteiger partial charge in [-0.15, -0.1) is 0 Å². The first-order chi connectivity index (χ1) is 18.2. The standard InChI is InChI=1S/C31H42N4O2/c1-5-9-20-26-18(10-6-13-33-26)16-23(29(20)34(3)36-4)25-30-24(31(25)37-30)22-17-19-11-7-14-35-15-8-12-21(28(19)35)27(22)32-2/h16-17,24-25,30-33H,5-15H2,1-4H3. The third-order valence-corrected chi connectivity index (χ3v) is 9.78. The second-order valence-corrected chi connectivity index (χ2v) is 11.7. The number of anilines is 4. The molecule has 2 aromatic rings. The molecule has 0 aromatic heterocycles. The van der Waals surface area contributed by atoms with Crippen molar-refractivity contribution in [3.63, 3.8) is 0 Å². The minimum Gasteiger partial charge on any atom is -0.388 e. The first-order valence-electron chi connectivity index (χ1n) is 14.6. The first kappa shape index (κ1) is 23.7. The molecule has 6 aliphatic rings. The van der Waals surface area contributed by atoms with E-state index >= 15 is 0 Å². The Kier molecular flexibility index (Phi) is 5.81. The summed E-state index contributed by atoms with van der Waals surface area (Å²) in [4.78, 5) is 8.48. The molecule has 0 radical (unpaired) electrons. The largest absolute Gasteiger partial charge is 0.388 e. The number of benzene rings is 2. The lowest BCUT2D eigenvalue weighted by Gasteiger charge is -2.65. The van der Waals surface area contributed by atoms with Gasteiger partial charge in [-0.2, -0.15) is 0 Å². The average molecular weight is 503 g/mol. The van der Waals surface area contributed by atoms with E-state index in [1.165, 1.54) is 84.5 Å². The summed E-state index contributed by atoms with van der Waals surface area (Å²) in [6.45, 7) is 5.77. The lowest BCUT2D eigenvalue weighted by Crippen LogP contribution is -2.67. The van der Waals surface area contributed by atoms with Crippen molar-refractivity contribution in [2.24, 2.45) is 0 Å². The highest BCUT2D eigenvalue weighted by Crippen LogP contribution is 2.65. The lowest BCUT2D eigenvalue weighted by molar-refractivity contribution is -0.283. The number of hydroxylamine groups is 1. The molecule has 2 saturated heterocycles. The molecule has 1 saturated carbocycles. The maximum atomic E-state index is 6.41. The van der Waals surface area contributed by atoms with Gasteiger partial charge in [0.25, 0.3) is 0 Å². The van der Waals surface area contributed by atoms with Crippen molar-refractivity contribution < 1.29 is 9.57 Å². The Bertz CT molecular complexity index is 1210. The number of nitrogens with zero attached hydrogens (tertiary/aromatic N) is 2. The predicted molar refractivity (Wildman–Crippen MR) is 152 cm³/mol. The van der Waals surface area contributed by atoms with Crippen LogP contribution in [0.15, 0.2) is 12.1 Å². The molecule has 2 unspecified atom stereocenters. The van der Waals surface area contributed by atoms with Gasteiger partial charge in [0.1, 0.15) is 0 Å². The minimum absolute atomic E-state index is 0.249. The van der Waals surface area contributed by atoms with Crippen LogP contribution in [0.5, 0.6) is 0 Å². The van der Waals surface area contributed by atoms with Crippen molar-refractivity contribution in [1.82, 2.24) is 0 Å². The molecule has 198 valence electrons. The maximum absolute atomic E-state index is 6.41. The van der Waals surface area contributed by atoms with Crippen molar-refractivity contribution in [3.05, 3.63) is 45.5 Å². The van der Waals surface area contributed by atoms with Crippen LogP contribution in [0.1, 0.15) is 77.8 Å². The normalized spacial score (nSPS) is 26.9. The number of nitrogens with one attached hydrogen (secondary N) is 2. The van der Waals surface area contributed by atoms with Crippen LogP contribution < -0.4 is 20.6 Å². The minimum atomic E-state index is 0.249. The van der Waals surface area contributed by atoms with Crippen LogP contribution in [-0.2, 0) is 35.3 Å². The zero-order valence-electron chi connectivity index (χ0n) is 23.0. The zero-order chi connectivity index (χ0) is 25.3. The predicted octanol–water partition coefficient (Wildman–Crippen LogP) is 5.38. The molecule has 2 bridgehead atoms. The quantitative estimate of drug-likeness (QED) is 0.496. The molecule has 1 aliphatic carbocycles. The van der Waals surface area contributed by atoms with Crippen LogP contribution in [0.3, 0.4) is 0 Å². The van der Waals surface area contributed by atoms with Crippen molar-refractivity contribution in [2.45, 2.75) is 82.3 Å². The molecule has 0 spiro atoms. The van der Waals surface area contributed by atoms with Gasteiger partial charge in [0.15, 0.2) is 0 Å². The number of rotatable bonds is 7. The van der Waals surface area contributed by atoms with Gasteiger partial charge < -0.3 is 20.3 Å². The van der Waals surface area contributed by atoms with Crippen LogP contribution in [0.2, 0.25) is 0 Å². The fraction of sp³-hybridized carbons (Fsp3) is 0.613. The average Bonchev–Trinajstić information content (AvgIpc) is 2.87. The number of hydrogen-bond donors (Lipinski definition) is 2. The van der Waals surface area contributed by atoms with Gasteiger partial charge in [-0.25, -0.2) is 0 Å². The van der Waals surface area contributed by atoms with Crippen molar-refractivity contribution in [3.8, 4) is 0 Å². The highest BCUT2D eigenvalue weighted by Gasteiger charge is 2.65. The Hall–Kier alpha value is -2.44. The molecular weight excluding hydrogens is 460 g/mol. The SMILES string of the molecule is CCCc1c2c(cc(C3C4OC3C4c3cc4c5c(c3NC)CCCN5CCC4)c1N(C)OC)CCCN2. The first-order valence-corrected chi connectivity index (χ1v) is 14.6. The highest BCUT2D eigenvalue weighted by molar-refractivity contribution is 5.78. The Balaban J connectivity index is 1.28. The number of fused-ring (bicyclic) bond motifs is 1. The molecule has 2 aromatic carbocycles. The summed E-state index contributed by atoms with van der Waals surface area (Å²) in [6, 6.07) is 5.04. The molecule has 0 amide bonds. The van der Waals surface area contributed by atoms with Gasteiger partial charge in [-0.3, -0.25) is 9.90 Å². The summed E-state index contributed by atoms with van der Waals surface area (Å²) in [5.41, 5.74) is 14.6. The maximum Gasteiger partial charge on any atom is 0.0768 e. The molecule has 2 N–H and O–H groups in total. The molecular formula is C31H42N4O2. The summed E-state index contributed by atoms with van der Waals surface area (Å²) < 4.78 is 6.41. The van der Waals surface area contributed by atoms with Gasteiger partial charge in [-0.05, 0) is 72.8 Å². The van der Waals surface area contributed by atoms with Crippen molar-refractivity contribution in [2.75, 3.05) is 61.4 Å². The van der Waals surface area contributed by atoms with E-state index in [1.807, 2.05) is 5.06 Å². The van der Waals surface area contributed by atoms with E-state index in [2.05, 4.69) is 48.7 Å². The van der Waals surface area contributed by atoms with Crippen molar-refractivity contribution >= 4 is 22.7 Å². The highest BCUT2D eigenvalue weighted by atomic mass is 16.7. The molecule has 6 nitrogen and oxygen atoms in total. The fourth-order valence-corrected chi connectivity index (χ4v) is 8.10.